The van der Waals surface area contributed by atoms with E-state index in [9.17, 15) is 9.59 Å². The van der Waals surface area contributed by atoms with Gasteiger partial charge in [-0.2, -0.15) is 0 Å². The number of amides is 1. The molecule has 30 heavy (non-hydrogen) atoms. The van der Waals surface area contributed by atoms with Crippen LogP contribution in [0, 0.1) is 0 Å². The maximum absolute atomic E-state index is 12.8. The van der Waals surface area contributed by atoms with Gasteiger partial charge in [0.05, 0.1) is 5.56 Å². The molecule has 1 N–H and O–H groups in total. The first kappa shape index (κ1) is 19.3. The molecule has 1 amide bonds. The first-order valence-electron chi connectivity index (χ1n) is 9.44. The smallest absolute Gasteiger partial charge is 0.336 e. The molecule has 6 heteroatoms. The second-order valence-corrected chi connectivity index (χ2v) is 6.47. The quantitative estimate of drug-likeness (QED) is 0.364. The van der Waals surface area contributed by atoms with Crippen LogP contribution in [-0.4, -0.2) is 19.1 Å². The second-order valence-electron chi connectivity index (χ2n) is 6.47. The molecule has 4 rings (SSSR count). The van der Waals surface area contributed by atoms with Crippen LogP contribution in [0.4, 0.5) is 5.69 Å². The summed E-state index contributed by atoms with van der Waals surface area (Å²) in [7, 11) is 0. The Kier molecular flexibility index (Phi) is 5.75. The summed E-state index contributed by atoms with van der Waals surface area (Å²) in [6.07, 6.45) is 0. The Hall–Kier alpha value is -4.06. The summed E-state index contributed by atoms with van der Waals surface area (Å²) < 4.78 is 16.5. The van der Waals surface area contributed by atoms with E-state index in [1.165, 1.54) is 6.07 Å². The Morgan fingerprint density at radius 2 is 1.60 bits per heavy atom. The van der Waals surface area contributed by atoms with Gasteiger partial charge in [0.25, 0.3) is 5.91 Å². The summed E-state index contributed by atoms with van der Waals surface area (Å²) in [6, 6.07) is 24.6. The molecule has 0 saturated carbocycles. The number of rotatable bonds is 7. The van der Waals surface area contributed by atoms with Crippen molar-refractivity contribution in [3.8, 4) is 11.5 Å². The van der Waals surface area contributed by atoms with Crippen LogP contribution in [0.2, 0.25) is 0 Å². The fraction of sp³-hybridized carbons (Fsp3) is 0.0833. The lowest BCUT2D eigenvalue weighted by atomic mass is 10.1. The van der Waals surface area contributed by atoms with Crippen molar-refractivity contribution in [3.63, 3.8) is 0 Å². The van der Waals surface area contributed by atoms with E-state index >= 15 is 0 Å². The van der Waals surface area contributed by atoms with E-state index in [1.54, 1.807) is 42.5 Å². The van der Waals surface area contributed by atoms with E-state index in [0.717, 1.165) is 11.1 Å². The predicted octanol–water partition coefficient (Wildman–Crippen LogP) is 4.50. The SMILES string of the molecule is O=C(Nc1ccc2oc(=O)ccc2c1)c1ccccc1OCCOc1ccccc1. The molecule has 0 atom stereocenters. The zero-order valence-corrected chi connectivity index (χ0v) is 16.0. The van der Waals surface area contributed by atoms with Crippen molar-refractivity contribution in [2.24, 2.45) is 0 Å². The van der Waals surface area contributed by atoms with Crippen molar-refractivity contribution < 1.29 is 18.7 Å². The van der Waals surface area contributed by atoms with Crippen molar-refractivity contribution in [1.29, 1.82) is 0 Å². The van der Waals surface area contributed by atoms with Gasteiger partial charge in [-0.3, -0.25) is 4.79 Å². The van der Waals surface area contributed by atoms with Gasteiger partial charge in [-0.25, -0.2) is 4.79 Å². The summed E-state index contributed by atoms with van der Waals surface area (Å²) in [5.74, 6) is 0.934. The van der Waals surface area contributed by atoms with Crippen molar-refractivity contribution in [3.05, 3.63) is 101 Å². The average Bonchev–Trinajstić information content (AvgIpc) is 2.78. The zero-order chi connectivity index (χ0) is 20.8. The highest BCUT2D eigenvalue weighted by Crippen LogP contribution is 2.22. The number of hydrogen-bond acceptors (Lipinski definition) is 5. The molecule has 0 saturated heterocycles. The van der Waals surface area contributed by atoms with Crippen LogP contribution < -0.4 is 20.4 Å². The standard InChI is InChI=1S/C24H19NO5/c26-23-13-10-17-16-18(11-12-21(17)30-23)25-24(27)20-8-4-5-9-22(20)29-15-14-28-19-6-2-1-3-7-19/h1-13,16H,14-15H2,(H,25,27). The fourth-order valence-corrected chi connectivity index (χ4v) is 2.96. The molecular formula is C24H19NO5. The van der Waals surface area contributed by atoms with Gasteiger partial charge >= 0.3 is 5.63 Å². The molecule has 0 aliphatic carbocycles. The third-order valence-corrected chi connectivity index (χ3v) is 4.36. The van der Waals surface area contributed by atoms with Gasteiger partial charge in [-0.1, -0.05) is 30.3 Å². The Bertz CT molecular complexity index is 1220. The van der Waals surface area contributed by atoms with Crippen molar-refractivity contribution in [2.45, 2.75) is 0 Å². The van der Waals surface area contributed by atoms with E-state index in [-0.39, 0.29) is 5.91 Å². The minimum absolute atomic E-state index is 0.300. The first-order chi connectivity index (χ1) is 14.7. The summed E-state index contributed by atoms with van der Waals surface area (Å²) in [6.45, 7) is 0.657. The first-order valence-corrected chi connectivity index (χ1v) is 9.44. The van der Waals surface area contributed by atoms with Gasteiger partial charge in [-0.05, 0) is 48.5 Å². The number of anilines is 1. The number of fused-ring (bicyclic) bond motifs is 1. The lowest BCUT2D eigenvalue weighted by molar-refractivity contribution is 0.102. The Labute approximate surface area is 172 Å². The molecule has 150 valence electrons. The summed E-state index contributed by atoms with van der Waals surface area (Å²) in [5, 5.41) is 3.57. The summed E-state index contributed by atoms with van der Waals surface area (Å²) in [4.78, 5) is 24.1. The largest absolute Gasteiger partial charge is 0.490 e. The number of hydrogen-bond donors (Lipinski definition) is 1. The number of carbonyl (C=O) groups is 1. The van der Waals surface area contributed by atoms with Crippen LogP contribution in [0.15, 0.2) is 94.1 Å². The van der Waals surface area contributed by atoms with Crippen molar-refractivity contribution in [1.82, 2.24) is 0 Å². The molecule has 0 fully saturated rings. The van der Waals surface area contributed by atoms with E-state index < -0.39 is 5.63 Å². The number of para-hydroxylation sites is 2. The second kappa shape index (κ2) is 8.96. The zero-order valence-electron chi connectivity index (χ0n) is 16.0. The Morgan fingerprint density at radius 1 is 0.833 bits per heavy atom. The Morgan fingerprint density at radius 3 is 2.47 bits per heavy atom. The monoisotopic (exact) mass is 401 g/mol. The van der Waals surface area contributed by atoms with Crippen LogP contribution in [0.5, 0.6) is 11.5 Å². The van der Waals surface area contributed by atoms with Crippen LogP contribution in [0.3, 0.4) is 0 Å². The molecule has 0 aliphatic heterocycles. The lowest BCUT2D eigenvalue weighted by Gasteiger charge is -2.12. The Balaban J connectivity index is 1.41. The molecule has 1 aromatic heterocycles. The van der Waals surface area contributed by atoms with Crippen LogP contribution in [0.25, 0.3) is 11.0 Å². The van der Waals surface area contributed by atoms with E-state index in [0.29, 0.717) is 35.8 Å². The number of benzene rings is 3. The van der Waals surface area contributed by atoms with Gasteiger partial charge in [0.2, 0.25) is 0 Å². The number of ether oxygens (including phenoxy) is 2. The fourth-order valence-electron chi connectivity index (χ4n) is 2.96. The van der Waals surface area contributed by atoms with Gasteiger partial charge < -0.3 is 19.2 Å². The van der Waals surface area contributed by atoms with E-state index in [2.05, 4.69) is 5.32 Å². The number of carbonyl (C=O) groups excluding carboxylic acids is 1. The lowest BCUT2D eigenvalue weighted by Crippen LogP contribution is -2.15. The van der Waals surface area contributed by atoms with Crippen LogP contribution >= 0.6 is 0 Å². The topological polar surface area (TPSA) is 77.8 Å². The predicted molar refractivity (Wildman–Crippen MR) is 114 cm³/mol. The highest BCUT2D eigenvalue weighted by atomic mass is 16.5. The molecular weight excluding hydrogens is 382 g/mol. The summed E-state index contributed by atoms with van der Waals surface area (Å²) in [5.41, 5.74) is 1.05. The molecule has 4 aromatic rings. The maximum atomic E-state index is 12.8. The van der Waals surface area contributed by atoms with Gasteiger partial charge in [0, 0.05) is 17.1 Å². The van der Waals surface area contributed by atoms with Gasteiger partial charge in [0.15, 0.2) is 0 Å². The molecule has 0 spiro atoms. The molecule has 3 aromatic carbocycles. The third kappa shape index (κ3) is 4.67. The molecule has 0 bridgehead atoms. The van der Waals surface area contributed by atoms with E-state index in [1.807, 2.05) is 36.4 Å². The number of nitrogens with one attached hydrogen (secondary N) is 1. The highest BCUT2D eigenvalue weighted by Gasteiger charge is 2.13. The maximum Gasteiger partial charge on any atom is 0.336 e. The van der Waals surface area contributed by atoms with Crippen molar-refractivity contribution in [2.75, 3.05) is 18.5 Å². The van der Waals surface area contributed by atoms with Gasteiger partial charge in [0.1, 0.15) is 30.3 Å². The molecule has 0 unspecified atom stereocenters. The van der Waals surface area contributed by atoms with Crippen LogP contribution in [-0.2, 0) is 0 Å². The highest BCUT2D eigenvalue weighted by molar-refractivity contribution is 6.06. The molecule has 6 nitrogen and oxygen atoms in total. The molecule has 0 radical (unpaired) electrons. The van der Waals surface area contributed by atoms with Crippen molar-refractivity contribution >= 4 is 22.6 Å². The minimum atomic E-state index is -0.415. The van der Waals surface area contributed by atoms with Crippen LogP contribution in [0.1, 0.15) is 10.4 Å². The summed E-state index contributed by atoms with van der Waals surface area (Å²) >= 11 is 0. The van der Waals surface area contributed by atoms with Gasteiger partial charge in [-0.15, -0.1) is 0 Å². The molecule has 0 aliphatic rings. The van der Waals surface area contributed by atoms with E-state index in [4.69, 9.17) is 13.9 Å². The molecule has 1 heterocycles. The minimum Gasteiger partial charge on any atom is -0.490 e. The average molecular weight is 401 g/mol. The normalized spacial score (nSPS) is 10.5. The third-order valence-electron chi connectivity index (χ3n) is 4.36.